The number of carbonyl (C=O) groups is 2. The first-order valence-electron chi connectivity index (χ1n) is 10.7. The highest BCUT2D eigenvalue weighted by molar-refractivity contribution is 7.90. The Morgan fingerprint density at radius 2 is 1.91 bits per heavy atom. The third-order valence-corrected chi connectivity index (χ3v) is 7.23. The van der Waals surface area contributed by atoms with E-state index in [2.05, 4.69) is 4.40 Å². The molecular weight excluding hydrogens is 444 g/mol. The van der Waals surface area contributed by atoms with E-state index < -0.39 is 21.8 Å². The zero-order valence-corrected chi connectivity index (χ0v) is 19.1. The average molecular weight is 471 g/mol. The maximum absolute atomic E-state index is 13.6. The van der Waals surface area contributed by atoms with Crippen LogP contribution in [-0.4, -0.2) is 57.7 Å². The summed E-state index contributed by atoms with van der Waals surface area (Å²) in [5.41, 5.74) is 6.48. The number of benzene rings is 2. The summed E-state index contributed by atoms with van der Waals surface area (Å²) in [7, 11) is -2.22. The van der Waals surface area contributed by atoms with Crippen LogP contribution in [0.5, 0.6) is 5.75 Å². The Balaban J connectivity index is 1.61. The third-order valence-electron chi connectivity index (χ3n) is 5.91. The molecule has 1 saturated heterocycles. The predicted octanol–water partition coefficient (Wildman–Crippen LogP) is 1.76. The largest absolute Gasteiger partial charge is 0.495 e. The van der Waals surface area contributed by atoms with Crippen LogP contribution in [0.25, 0.3) is 0 Å². The van der Waals surface area contributed by atoms with Gasteiger partial charge in [-0.3, -0.25) is 9.59 Å². The minimum absolute atomic E-state index is 0.0125. The standard InChI is InChI=1S/C23H26N4O5S/c1-32-19-10-4-3-9-18(19)27(14-12-21(24)28)23(29)16-7-6-13-26(15-16)22-17-8-2-5-11-20(17)33(30,31)25-22/h2-5,8-11,16H,6-7,12-15H2,1H3,(H2,24,28). The molecule has 1 atom stereocenters. The Morgan fingerprint density at radius 3 is 2.67 bits per heavy atom. The van der Waals surface area contributed by atoms with Gasteiger partial charge >= 0.3 is 0 Å². The molecule has 0 aliphatic carbocycles. The smallest absolute Gasteiger partial charge is 0.285 e. The molecule has 33 heavy (non-hydrogen) atoms. The minimum Gasteiger partial charge on any atom is -0.495 e. The molecule has 0 saturated carbocycles. The second-order valence-electron chi connectivity index (χ2n) is 8.05. The molecule has 9 nitrogen and oxygen atoms in total. The van der Waals surface area contributed by atoms with Gasteiger partial charge in [0.05, 0.1) is 18.7 Å². The monoisotopic (exact) mass is 470 g/mol. The highest BCUT2D eigenvalue weighted by Gasteiger charge is 2.36. The lowest BCUT2D eigenvalue weighted by Crippen LogP contribution is -2.47. The zero-order valence-electron chi connectivity index (χ0n) is 18.3. The first kappa shape index (κ1) is 22.8. The van der Waals surface area contributed by atoms with Crippen molar-refractivity contribution in [3.63, 3.8) is 0 Å². The van der Waals surface area contributed by atoms with Gasteiger partial charge in [0.25, 0.3) is 10.0 Å². The second kappa shape index (κ2) is 9.22. The van der Waals surface area contributed by atoms with Gasteiger partial charge in [0.15, 0.2) is 5.84 Å². The SMILES string of the molecule is COc1ccccc1N(CCC(N)=O)C(=O)C1CCCN(C2=NS(=O)(=O)c3ccccc32)C1. The quantitative estimate of drug-likeness (QED) is 0.687. The molecule has 2 aliphatic heterocycles. The molecule has 10 heteroatoms. The Bertz CT molecular complexity index is 1210. The van der Waals surface area contributed by atoms with Crippen LogP contribution in [0.4, 0.5) is 5.69 Å². The first-order valence-corrected chi connectivity index (χ1v) is 12.2. The van der Waals surface area contributed by atoms with E-state index in [4.69, 9.17) is 10.5 Å². The Kier molecular flexibility index (Phi) is 6.37. The number of para-hydroxylation sites is 2. The van der Waals surface area contributed by atoms with E-state index in [1.807, 2.05) is 4.90 Å². The summed E-state index contributed by atoms with van der Waals surface area (Å²) < 4.78 is 34.4. The second-order valence-corrected chi connectivity index (χ2v) is 9.62. The number of sulfonamides is 1. The molecule has 0 bridgehead atoms. The molecule has 2 amide bonds. The number of rotatable bonds is 6. The molecule has 4 rings (SSSR count). The van der Waals surface area contributed by atoms with Crippen LogP contribution in [0.15, 0.2) is 57.8 Å². The number of hydrogen-bond acceptors (Lipinski definition) is 6. The van der Waals surface area contributed by atoms with E-state index in [0.717, 1.165) is 0 Å². The van der Waals surface area contributed by atoms with Gasteiger partial charge in [-0.25, -0.2) is 0 Å². The highest BCUT2D eigenvalue weighted by atomic mass is 32.2. The third kappa shape index (κ3) is 4.56. The van der Waals surface area contributed by atoms with E-state index in [-0.39, 0.29) is 23.8 Å². The number of carbonyl (C=O) groups excluding carboxylic acids is 2. The van der Waals surface area contributed by atoms with Gasteiger partial charge in [-0.05, 0) is 37.1 Å². The number of fused-ring (bicyclic) bond motifs is 1. The molecule has 0 radical (unpaired) electrons. The van der Waals surface area contributed by atoms with Crippen LogP contribution < -0.4 is 15.4 Å². The van der Waals surface area contributed by atoms with E-state index >= 15 is 0 Å². The van der Waals surface area contributed by atoms with Crippen molar-refractivity contribution < 1.29 is 22.7 Å². The van der Waals surface area contributed by atoms with Crippen molar-refractivity contribution in [2.45, 2.75) is 24.2 Å². The average Bonchev–Trinajstić information content (AvgIpc) is 3.10. The summed E-state index contributed by atoms with van der Waals surface area (Å²) in [5.74, 6) is -0.183. The summed E-state index contributed by atoms with van der Waals surface area (Å²) >= 11 is 0. The summed E-state index contributed by atoms with van der Waals surface area (Å²) in [5, 5.41) is 0. The van der Waals surface area contributed by atoms with Crippen molar-refractivity contribution >= 4 is 33.4 Å². The number of hydrogen-bond donors (Lipinski definition) is 1. The Labute approximate surface area is 192 Å². The number of likely N-dealkylation sites (tertiary alicyclic amines) is 1. The van der Waals surface area contributed by atoms with Crippen molar-refractivity contribution in [3.05, 3.63) is 54.1 Å². The summed E-state index contributed by atoms with van der Waals surface area (Å²) in [6.45, 7) is 1.05. The van der Waals surface area contributed by atoms with Gasteiger partial charge in [-0.1, -0.05) is 24.3 Å². The fourth-order valence-corrected chi connectivity index (χ4v) is 5.56. The normalized spacial score (nSPS) is 18.9. The number of primary amides is 1. The van der Waals surface area contributed by atoms with Gasteiger partial charge in [-0.2, -0.15) is 8.42 Å². The number of anilines is 1. The van der Waals surface area contributed by atoms with E-state index in [1.54, 1.807) is 53.4 Å². The molecule has 2 aromatic rings. The van der Waals surface area contributed by atoms with Crippen molar-refractivity contribution in [3.8, 4) is 5.75 Å². The van der Waals surface area contributed by atoms with Crippen LogP contribution in [0.1, 0.15) is 24.8 Å². The zero-order chi connectivity index (χ0) is 23.6. The fraction of sp³-hybridized carbons (Fsp3) is 0.348. The summed E-state index contributed by atoms with van der Waals surface area (Å²) in [6, 6.07) is 13.8. The minimum atomic E-state index is -3.75. The predicted molar refractivity (Wildman–Crippen MR) is 124 cm³/mol. The van der Waals surface area contributed by atoms with E-state index in [1.165, 1.54) is 7.11 Å². The van der Waals surface area contributed by atoms with Gasteiger partial charge in [0.2, 0.25) is 11.8 Å². The van der Waals surface area contributed by atoms with Gasteiger partial charge in [0, 0.05) is 31.6 Å². The summed E-state index contributed by atoms with van der Waals surface area (Å²) in [6.07, 6.45) is 1.35. The molecular formula is C23H26N4O5S. The van der Waals surface area contributed by atoms with Gasteiger partial charge in [0.1, 0.15) is 10.6 Å². The number of methoxy groups -OCH3 is 1. The molecule has 2 N–H and O–H groups in total. The number of amides is 2. The van der Waals surface area contributed by atoms with Crippen LogP contribution in [0.2, 0.25) is 0 Å². The van der Waals surface area contributed by atoms with Crippen molar-refractivity contribution in [2.75, 3.05) is 31.6 Å². The van der Waals surface area contributed by atoms with Crippen molar-refractivity contribution in [1.29, 1.82) is 0 Å². The number of ether oxygens (including phenoxy) is 1. The van der Waals surface area contributed by atoms with E-state index in [9.17, 15) is 18.0 Å². The fourth-order valence-electron chi connectivity index (χ4n) is 4.33. The molecule has 2 aliphatic rings. The van der Waals surface area contributed by atoms with Crippen LogP contribution >= 0.6 is 0 Å². The number of nitrogens with zero attached hydrogens (tertiary/aromatic N) is 3. The topological polar surface area (TPSA) is 122 Å². The van der Waals surface area contributed by atoms with Crippen LogP contribution in [-0.2, 0) is 19.6 Å². The van der Waals surface area contributed by atoms with Crippen molar-refractivity contribution in [2.24, 2.45) is 16.0 Å². The van der Waals surface area contributed by atoms with Gasteiger partial charge < -0.3 is 20.3 Å². The molecule has 174 valence electrons. The molecule has 1 fully saturated rings. The number of piperidine rings is 1. The lowest BCUT2D eigenvalue weighted by atomic mass is 9.95. The first-order chi connectivity index (χ1) is 15.8. The van der Waals surface area contributed by atoms with Crippen molar-refractivity contribution in [1.82, 2.24) is 4.90 Å². The summed E-state index contributed by atoms with van der Waals surface area (Å²) in [4.78, 5) is 28.7. The van der Waals surface area contributed by atoms with E-state index in [0.29, 0.717) is 48.8 Å². The molecule has 0 spiro atoms. The van der Waals surface area contributed by atoms with Crippen LogP contribution in [0, 0.1) is 5.92 Å². The van der Waals surface area contributed by atoms with Gasteiger partial charge in [-0.15, -0.1) is 4.40 Å². The number of nitrogens with two attached hydrogens (primary N) is 1. The molecule has 1 unspecified atom stereocenters. The van der Waals surface area contributed by atoms with Crippen LogP contribution in [0.3, 0.4) is 0 Å². The maximum Gasteiger partial charge on any atom is 0.285 e. The molecule has 2 heterocycles. The molecule has 2 aromatic carbocycles. The Morgan fingerprint density at radius 1 is 1.18 bits per heavy atom. The highest BCUT2D eigenvalue weighted by Crippen LogP contribution is 2.33. The lowest BCUT2D eigenvalue weighted by Gasteiger charge is -2.36. The molecule has 0 aromatic heterocycles. The maximum atomic E-state index is 13.6. The lowest BCUT2D eigenvalue weighted by molar-refractivity contribution is -0.123. The number of amidine groups is 1. The Hall–Kier alpha value is -3.40.